The zero-order valence-corrected chi connectivity index (χ0v) is 12.6. The second-order valence-corrected chi connectivity index (χ2v) is 6.20. The molecule has 1 aliphatic carbocycles. The minimum atomic E-state index is 0.719. The molecule has 1 aromatic heterocycles. The van der Waals surface area contributed by atoms with Gasteiger partial charge in [-0.15, -0.1) is 0 Å². The van der Waals surface area contributed by atoms with Crippen LogP contribution in [0.4, 0.5) is 0 Å². The van der Waals surface area contributed by atoms with Crippen LogP contribution in [-0.4, -0.2) is 15.8 Å². The highest BCUT2D eigenvalue weighted by molar-refractivity contribution is 14.1. The van der Waals surface area contributed by atoms with E-state index in [0.717, 1.165) is 26.9 Å². The highest BCUT2D eigenvalue weighted by atomic mass is 127. The Morgan fingerprint density at radius 1 is 1.44 bits per heavy atom. The number of halogens is 2. The fourth-order valence-corrected chi connectivity index (χ4v) is 2.51. The highest BCUT2D eigenvalue weighted by Crippen LogP contribution is 2.23. The smallest absolute Gasteiger partial charge is 0.0832 e. The molecule has 0 spiro atoms. The van der Waals surface area contributed by atoms with Crippen molar-refractivity contribution < 1.29 is 0 Å². The molecule has 3 nitrogen and oxygen atoms in total. The summed E-state index contributed by atoms with van der Waals surface area (Å²) in [5, 5.41) is 8.49. The van der Waals surface area contributed by atoms with Gasteiger partial charge in [0.1, 0.15) is 0 Å². The van der Waals surface area contributed by atoms with E-state index in [0.29, 0.717) is 0 Å². The average molecular weight is 374 g/mol. The van der Waals surface area contributed by atoms with Gasteiger partial charge in [-0.3, -0.25) is 0 Å². The second-order valence-electron chi connectivity index (χ2n) is 4.54. The maximum absolute atomic E-state index is 6.31. The van der Waals surface area contributed by atoms with E-state index in [4.69, 9.17) is 11.6 Å². The molecule has 0 amide bonds. The Labute approximate surface area is 125 Å². The number of benzene rings is 1. The van der Waals surface area contributed by atoms with Crippen LogP contribution >= 0.6 is 34.2 Å². The molecule has 0 saturated heterocycles. The van der Waals surface area contributed by atoms with Gasteiger partial charge in [0.2, 0.25) is 0 Å². The molecule has 1 N–H and O–H groups in total. The third kappa shape index (κ3) is 2.87. The molecule has 0 unspecified atom stereocenters. The van der Waals surface area contributed by atoms with Crippen molar-refractivity contribution in [2.45, 2.75) is 25.4 Å². The molecule has 1 aromatic carbocycles. The molecule has 94 valence electrons. The maximum Gasteiger partial charge on any atom is 0.0832 e. The van der Waals surface area contributed by atoms with Crippen molar-refractivity contribution in [2.75, 3.05) is 0 Å². The first-order valence-electron chi connectivity index (χ1n) is 5.95. The summed E-state index contributed by atoms with van der Waals surface area (Å²) in [6, 6.07) is 6.86. The minimum Gasteiger partial charge on any atom is -0.310 e. The lowest BCUT2D eigenvalue weighted by Gasteiger charge is -2.08. The summed E-state index contributed by atoms with van der Waals surface area (Å²) in [7, 11) is 0. The van der Waals surface area contributed by atoms with Crippen LogP contribution in [0.25, 0.3) is 5.69 Å². The van der Waals surface area contributed by atoms with Crippen molar-refractivity contribution in [1.29, 1.82) is 0 Å². The largest absolute Gasteiger partial charge is 0.310 e. The molecule has 18 heavy (non-hydrogen) atoms. The number of hydrogen-bond acceptors (Lipinski definition) is 2. The van der Waals surface area contributed by atoms with E-state index >= 15 is 0 Å². The fraction of sp³-hybridized carbons (Fsp3) is 0.308. The van der Waals surface area contributed by atoms with Gasteiger partial charge >= 0.3 is 0 Å². The molecule has 3 rings (SSSR count). The van der Waals surface area contributed by atoms with Gasteiger partial charge in [-0.1, -0.05) is 17.7 Å². The lowest BCUT2D eigenvalue weighted by atomic mass is 10.2. The Hall–Kier alpha value is -0.590. The summed E-state index contributed by atoms with van der Waals surface area (Å²) in [4.78, 5) is 0. The van der Waals surface area contributed by atoms with Crippen molar-refractivity contribution >= 4 is 34.2 Å². The van der Waals surface area contributed by atoms with Crippen molar-refractivity contribution in [3.05, 3.63) is 44.7 Å². The predicted molar refractivity (Wildman–Crippen MR) is 81.2 cm³/mol. The van der Waals surface area contributed by atoms with Crippen LogP contribution in [0.2, 0.25) is 5.02 Å². The van der Waals surface area contributed by atoms with Crippen LogP contribution in [-0.2, 0) is 6.54 Å². The van der Waals surface area contributed by atoms with Gasteiger partial charge in [-0.05, 0) is 53.1 Å². The molecule has 1 heterocycles. The van der Waals surface area contributed by atoms with Gasteiger partial charge in [0.25, 0.3) is 0 Å². The van der Waals surface area contributed by atoms with Crippen LogP contribution in [0.15, 0.2) is 30.6 Å². The molecule has 5 heteroatoms. The Morgan fingerprint density at radius 3 is 2.89 bits per heavy atom. The second kappa shape index (κ2) is 5.19. The molecule has 1 aliphatic rings. The zero-order valence-electron chi connectivity index (χ0n) is 9.74. The first-order valence-corrected chi connectivity index (χ1v) is 7.40. The van der Waals surface area contributed by atoms with E-state index in [2.05, 4.69) is 39.1 Å². The Balaban J connectivity index is 1.79. The predicted octanol–water partition coefficient (Wildman–Crippen LogP) is 3.38. The average Bonchev–Trinajstić information content (AvgIpc) is 3.09. The number of nitrogens with zero attached hydrogens (tertiary/aromatic N) is 2. The lowest BCUT2D eigenvalue weighted by molar-refractivity contribution is 0.687. The van der Waals surface area contributed by atoms with Gasteiger partial charge in [0, 0.05) is 18.8 Å². The van der Waals surface area contributed by atoms with Crippen LogP contribution in [0, 0.1) is 3.57 Å². The van der Waals surface area contributed by atoms with Gasteiger partial charge in [-0.2, -0.15) is 5.10 Å². The molecule has 0 radical (unpaired) electrons. The van der Waals surface area contributed by atoms with E-state index in [1.165, 1.54) is 18.4 Å². The molecule has 2 aromatic rings. The Morgan fingerprint density at radius 2 is 2.28 bits per heavy atom. The zero-order chi connectivity index (χ0) is 12.5. The Kier molecular flexibility index (Phi) is 3.59. The monoisotopic (exact) mass is 373 g/mol. The molecular weight excluding hydrogens is 361 g/mol. The van der Waals surface area contributed by atoms with Crippen LogP contribution in [0.1, 0.15) is 18.4 Å². The standard InChI is InChI=1S/C13H13ClIN3/c14-12-5-9(6-16-11-2-3-11)1-4-13(12)18-8-10(15)7-17-18/h1,4-5,7-8,11,16H,2-3,6H2. The minimum absolute atomic E-state index is 0.719. The number of nitrogens with one attached hydrogen (secondary N) is 1. The maximum atomic E-state index is 6.31. The summed E-state index contributed by atoms with van der Waals surface area (Å²) < 4.78 is 2.91. The van der Waals surface area contributed by atoms with Gasteiger partial charge in [0.15, 0.2) is 0 Å². The quantitative estimate of drug-likeness (QED) is 0.833. The number of rotatable bonds is 4. The molecular formula is C13H13ClIN3. The molecule has 0 bridgehead atoms. The van der Waals surface area contributed by atoms with E-state index < -0.39 is 0 Å². The van der Waals surface area contributed by atoms with Crippen LogP contribution in [0.3, 0.4) is 0 Å². The summed E-state index contributed by atoms with van der Waals surface area (Å²) in [5.74, 6) is 0. The van der Waals surface area contributed by atoms with Crippen LogP contribution in [0.5, 0.6) is 0 Å². The van der Waals surface area contributed by atoms with Gasteiger partial charge < -0.3 is 5.32 Å². The van der Waals surface area contributed by atoms with E-state index in [1.54, 1.807) is 0 Å². The molecule has 0 atom stereocenters. The van der Waals surface area contributed by atoms with Crippen LogP contribution < -0.4 is 5.32 Å². The van der Waals surface area contributed by atoms with E-state index in [9.17, 15) is 0 Å². The van der Waals surface area contributed by atoms with Gasteiger partial charge in [0.05, 0.1) is 20.5 Å². The summed E-state index contributed by atoms with van der Waals surface area (Å²) in [6.07, 6.45) is 6.39. The SMILES string of the molecule is Clc1cc(CNC2CC2)ccc1-n1cc(I)cn1. The fourth-order valence-electron chi connectivity index (χ4n) is 1.83. The lowest BCUT2D eigenvalue weighted by Crippen LogP contribution is -2.15. The van der Waals surface area contributed by atoms with Crippen molar-refractivity contribution in [3.63, 3.8) is 0 Å². The number of aromatic nitrogens is 2. The topological polar surface area (TPSA) is 29.9 Å². The summed E-state index contributed by atoms with van der Waals surface area (Å²) >= 11 is 8.55. The van der Waals surface area contributed by atoms with E-state index in [-0.39, 0.29) is 0 Å². The van der Waals surface area contributed by atoms with Crippen molar-refractivity contribution in [2.24, 2.45) is 0 Å². The summed E-state index contributed by atoms with van der Waals surface area (Å²) in [6.45, 7) is 0.890. The molecule has 1 fully saturated rings. The number of hydrogen-bond donors (Lipinski definition) is 1. The summed E-state index contributed by atoms with van der Waals surface area (Å²) in [5.41, 5.74) is 2.15. The molecule has 1 saturated carbocycles. The van der Waals surface area contributed by atoms with Crippen molar-refractivity contribution in [3.8, 4) is 5.69 Å². The van der Waals surface area contributed by atoms with Crippen molar-refractivity contribution in [1.82, 2.24) is 15.1 Å². The molecule has 0 aliphatic heterocycles. The Bertz CT molecular complexity index is 563. The first kappa shape index (κ1) is 12.4. The highest BCUT2D eigenvalue weighted by Gasteiger charge is 2.20. The van der Waals surface area contributed by atoms with Gasteiger partial charge in [-0.25, -0.2) is 4.68 Å². The first-order chi connectivity index (χ1) is 8.72. The third-order valence-corrected chi connectivity index (χ3v) is 3.84. The van der Waals surface area contributed by atoms with E-state index in [1.807, 2.05) is 29.2 Å². The third-order valence-electron chi connectivity index (χ3n) is 2.98. The normalized spacial score (nSPS) is 15.0.